The molecular formula is C10H14ClNO4S2. The molecular weight excluding hydrogens is 298 g/mol. The van der Waals surface area contributed by atoms with Crippen LogP contribution < -0.4 is 4.72 Å². The van der Waals surface area contributed by atoms with Crippen molar-refractivity contribution >= 4 is 43.9 Å². The summed E-state index contributed by atoms with van der Waals surface area (Å²) in [5, 5.41) is 1.91. The number of sulfonamides is 1. The molecule has 8 heteroatoms. The summed E-state index contributed by atoms with van der Waals surface area (Å²) in [7, 11) is -3.47. The summed E-state index contributed by atoms with van der Waals surface area (Å²) in [5.74, 6) is -0.332. The van der Waals surface area contributed by atoms with Crippen LogP contribution in [0.2, 0.25) is 0 Å². The summed E-state index contributed by atoms with van der Waals surface area (Å²) in [6.07, 6.45) is 0.358. The Labute approximate surface area is 115 Å². The minimum atomic E-state index is -3.47. The minimum Gasteiger partial charge on any atom is -0.462 e. The molecule has 0 saturated heterocycles. The number of thiophene rings is 1. The van der Waals surface area contributed by atoms with E-state index in [1.54, 1.807) is 12.3 Å². The van der Waals surface area contributed by atoms with Gasteiger partial charge in [0.05, 0.1) is 17.9 Å². The van der Waals surface area contributed by atoms with Crippen LogP contribution in [0.3, 0.4) is 0 Å². The van der Waals surface area contributed by atoms with E-state index in [1.165, 1.54) is 6.07 Å². The van der Waals surface area contributed by atoms with Gasteiger partial charge in [-0.2, -0.15) is 0 Å². The second kappa shape index (κ2) is 6.96. The molecule has 102 valence electrons. The molecule has 1 N–H and O–H groups in total. The standard InChI is InChI=1S/C10H14ClNO4S2/c1-2-16-10(13)8-4-6-17-9(8)12-18(14,15)7-3-5-11/h4,6,12H,2-3,5,7H2,1H3. The number of anilines is 1. The van der Waals surface area contributed by atoms with Crippen LogP contribution in [-0.2, 0) is 14.8 Å². The average Bonchev–Trinajstić information content (AvgIpc) is 2.74. The lowest BCUT2D eigenvalue weighted by atomic mass is 10.3. The van der Waals surface area contributed by atoms with Crippen molar-refractivity contribution in [3.8, 4) is 0 Å². The first-order valence-corrected chi connectivity index (χ1v) is 8.38. The van der Waals surface area contributed by atoms with Gasteiger partial charge in [-0.25, -0.2) is 13.2 Å². The zero-order valence-corrected chi connectivity index (χ0v) is 12.2. The largest absolute Gasteiger partial charge is 0.462 e. The first-order valence-electron chi connectivity index (χ1n) is 5.31. The van der Waals surface area contributed by atoms with Gasteiger partial charge in [0.2, 0.25) is 10.0 Å². The predicted octanol–water partition coefficient (Wildman–Crippen LogP) is 2.30. The summed E-state index contributed by atoms with van der Waals surface area (Å²) in [6, 6.07) is 1.53. The highest BCUT2D eigenvalue weighted by molar-refractivity contribution is 7.92. The maximum atomic E-state index is 11.7. The predicted molar refractivity (Wildman–Crippen MR) is 73.0 cm³/mol. The van der Waals surface area contributed by atoms with Gasteiger partial charge >= 0.3 is 5.97 Å². The highest BCUT2D eigenvalue weighted by Gasteiger charge is 2.18. The average molecular weight is 312 g/mol. The smallest absolute Gasteiger partial charge is 0.341 e. The van der Waals surface area contributed by atoms with Crippen molar-refractivity contribution in [2.75, 3.05) is 23.0 Å². The molecule has 18 heavy (non-hydrogen) atoms. The van der Waals surface area contributed by atoms with Crippen molar-refractivity contribution < 1.29 is 17.9 Å². The molecule has 1 rings (SSSR count). The van der Waals surface area contributed by atoms with Crippen molar-refractivity contribution in [3.63, 3.8) is 0 Å². The van der Waals surface area contributed by atoms with E-state index in [1.807, 2.05) is 0 Å². The second-order valence-electron chi connectivity index (χ2n) is 3.35. The third-order valence-electron chi connectivity index (χ3n) is 1.96. The number of carbonyl (C=O) groups is 1. The van der Waals surface area contributed by atoms with Crippen LogP contribution in [0.15, 0.2) is 11.4 Å². The number of halogens is 1. The topological polar surface area (TPSA) is 72.5 Å². The molecule has 1 aromatic rings. The van der Waals surface area contributed by atoms with Crippen LogP contribution in [0.1, 0.15) is 23.7 Å². The number of alkyl halides is 1. The third-order valence-corrected chi connectivity index (χ3v) is 4.52. The lowest BCUT2D eigenvalue weighted by Crippen LogP contribution is -2.18. The van der Waals surface area contributed by atoms with E-state index in [-0.39, 0.29) is 28.8 Å². The van der Waals surface area contributed by atoms with E-state index < -0.39 is 16.0 Å². The highest BCUT2D eigenvalue weighted by atomic mass is 35.5. The monoisotopic (exact) mass is 311 g/mol. The highest BCUT2D eigenvalue weighted by Crippen LogP contribution is 2.25. The van der Waals surface area contributed by atoms with E-state index in [2.05, 4.69) is 4.72 Å². The lowest BCUT2D eigenvalue weighted by Gasteiger charge is -2.07. The molecule has 1 aromatic heterocycles. The first-order chi connectivity index (χ1) is 8.50. The van der Waals surface area contributed by atoms with Crippen LogP contribution in [0.4, 0.5) is 5.00 Å². The van der Waals surface area contributed by atoms with Crippen LogP contribution in [0.5, 0.6) is 0 Å². The number of rotatable bonds is 7. The van der Waals surface area contributed by atoms with Gasteiger partial charge in [-0.05, 0) is 24.8 Å². The molecule has 0 aliphatic rings. The quantitative estimate of drug-likeness (QED) is 0.619. The third kappa shape index (κ3) is 4.47. The van der Waals surface area contributed by atoms with Gasteiger partial charge in [-0.15, -0.1) is 22.9 Å². The van der Waals surface area contributed by atoms with E-state index in [0.717, 1.165) is 11.3 Å². The number of hydrogen-bond donors (Lipinski definition) is 1. The van der Waals surface area contributed by atoms with Crippen molar-refractivity contribution in [2.45, 2.75) is 13.3 Å². The minimum absolute atomic E-state index is 0.0728. The summed E-state index contributed by atoms with van der Waals surface area (Å²) in [5.41, 5.74) is 0.233. The second-order valence-corrected chi connectivity index (χ2v) is 6.48. The van der Waals surface area contributed by atoms with Gasteiger partial charge < -0.3 is 4.74 Å². The first kappa shape index (κ1) is 15.3. The Balaban J connectivity index is 2.79. The Morgan fingerprint density at radius 2 is 2.28 bits per heavy atom. The summed E-state index contributed by atoms with van der Waals surface area (Å²) in [4.78, 5) is 11.6. The zero-order valence-electron chi connectivity index (χ0n) is 9.81. The molecule has 0 amide bonds. The fourth-order valence-corrected chi connectivity index (χ4v) is 3.70. The number of hydrogen-bond acceptors (Lipinski definition) is 5. The van der Waals surface area contributed by atoms with Crippen LogP contribution in [0.25, 0.3) is 0 Å². The summed E-state index contributed by atoms with van der Waals surface area (Å²) in [6.45, 7) is 1.93. The van der Waals surface area contributed by atoms with Crippen molar-refractivity contribution in [3.05, 3.63) is 17.0 Å². The number of esters is 1. The molecule has 5 nitrogen and oxygen atoms in total. The summed E-state index contributed by atoms with van der Waals surface area (Å²) < 4.78 is 30.6. The van der Waals surface area contributed by atoms with Gasteiger partial charge in [0.15, 0.2) is 0 Å². The summed E-state index contributed by atoms with van der Waals surface area (Å²) >= 11 is 6.59. The van der Waals surface area contributed by atoms with Crippen molar-refractivity contribution in [2.24, 2.45) is 0 Å². The van der Waals surface area contributed by atoms with E-state index in [0.29, 0.717) is 6.42 Å². The Morgan fingerprint density at radius 1 is 1.56 bits per heavy atom. The van der Waals surface area contributed by atoms with Gasteiger partial charge in [0, 0.05) is 5.88 Å². The maximum Gasteiger partial charge on any atom is 0.341 e. The number of ether oxygens (including phenoxy) is 1. The Hall–Kier alpha value is -0.790. The molecule has 0 saturated carbocycles. The molecule has 0 fully saturated rings. The molecule has 0 unspecified atom stereocenters. The Kier molecular flexibility index (Phi) is 5.90. The van der Waals surface area contributed by atoms with Gasteiger partial charge in [-0.1, -0.05) is 0 Å². The fraction of sp³-hybridized carbons (Fsp3) is 0.500. The maximum absolute atomic E-state index is 11.7. The SMILES string of the molecule is CCOC(=O)c1ccsc1NS(=O)(=O)CCCCl. The van der Waals surface area contributed by atoms with E-state index >= 15 is 0 Å². The van der Waals surface area contributed by atoms with Gasteiger partial charge in [0.25, 0.3) is 0 Å². The molecule has 0 aromatic carbocycles. The molecule has 0 aliphatic heterocycles. The van der Waals surface area contributed by atoms with Gasteiger partial charge in [0.1, 0.15) is 5.00 Å². The van der Waals surface area contributed by atoms with E-state index in [4.69, 9.17) is 16.3 Å². The zero-order chi connectivity index (χ0) is 13.6. The molecule has 0 aliphatic carbocycles. The van der Waals surface area contributed by atoms with E-state index in [9.17, 15) is 13.2 Å². The normalized spacial score (nSPS) is 11.2. The van der Waals surface area contributed by atoms with Crippen LogP contribution >= 0.6 is 22.9 Å². The number of carbonyl (C=O) groups excluding carboxylic acids is 1. The van der Waals surface area contributed by atoms with Crippen molar-refractivity contribution in [1.29, 1.82) is 0 Å². The molecule has 0 radical (unpaired) electrons. The van der Waals surface area contributed by atoms with Gasteiger partial charge in [-0.3, -0.25) is 4.72 Å². The Bertz CT molecular complexity index is 498. The number of nitrogens with one attached hydrogen (secondary N) is 1. The lowest BCUT2D eigenvalue weighted by molar-refractivity contribution is 0.0528. The fourth-order valence-electron chi connectivity index (χ4n) is 1.19. The van der Waals surface area contributed by atoms with Crippen LogP contribution in [-0.4, -0.2) is 32.6 Å². The van der Waals surface area contributed by atoms with Crippen molar-refractivity contribution in [1.82, 2.24) is 0 Å². The molecule has 0 atom stereocenters. The molecule has 1 heterocycles. The Morgan fingerprint density at radius 3 is 2.89 bits per heavy atom. The molecule has 0 bridgehead atoms. The molecule has 0 spiro atoms. The van der Waals surface area contributed by atoms with Crippen LogP contribution in [0, 0.1) is 0 Å².